The highest BCUT2D eigenvalue weighted by Crippen LogP contribution is 2.38. The highest BCUT2D eigenvalue weighted by Gasteiger charge is 2.30. The molecule has 0 aliphatic heterocycles. The summed E-state index contributed by atoms with van der Waals surface area (Å²) in [6, 6.07) is 9.34. The van der Waals surface area contributed by atoms with Gasteiger partial charge in [-0.15, -0.1) is 0 Å². The maximum Gasteiger partial charge on any atom is 0.148 e. The first-order valence-electron chi connectivity index (χ1n) is 6.22. The lowest BCUT2D eigenvalue weighted by Gasteiger charge is -2.36. The second-order valence-electron chi connectivity index (χ2n) is 4.94. The van der Waals surface area contributed by atoms with Gasteiger partial charge in [-0.2, -0.15) is 5.10 Å². The lowest BCUT2D eigenvalue weighted by Crippen LogP contribution is -2.34. The van der Waals surface area contributed by atoms with Crippen LogP contribution in [0.4, 0.5) is 10.2 Å². The summed E-state index contributed by atoms with van der Waals surface area (Å²) < 4.78 is 14.9. The van der Waals surface area contributed by atoms with E-state index < -0.39 is 0 Å². The molecule has 0 spiro atoms. The van der Waals surface area contributed by atoms with Gasteiger partial charge in [0.2, 0.25) is 0 Å². The van der Waals surface area contributed by atoms with Crippen LogP contribution in [0.1, 0.15) is 24.3 Å². The molecule has 1 aliphatic rings. The van der Waals surface area contributed by atoms with E-state index in [9.17, 15) is 4.39 Å². The first kappa shape index (κ1) is 11.3. The summed E-state index contributed by atoms with van der Waals surface area (Å²) in [6.45, 7) is 0. The van der Waals surface area contributed by atoms with E-state index in [0.29, 0.717) is 12.0 Å². The molecule has 18 heavy (non-hydrogen) atoms. The average molecular weight is 245 g/mol. The van der Waals surface area contributed by atoms with Gasteiger partial charge in [0, 0.05) is 25.4 Å². The molecule has 1 aromatic carbocycles. The Morgan fingerprint density at radius 3 is 2.83 bits per heavy atom. The summed E-state index contributed by atoms with van der Waals surface area (Å²) in [5.41, 5.74) is 1.11. The summed E-state index contributed by atoms with van der Waals surface area (Å²) in [5.74, 6) is 1.25. The number of hydrogen-bond donors (Lipinski definition) is 1. The molecule has 0 bridgehead atoms. The van der Waals surface area contributed by atoms with Gasteiger partial charge in [-0.05, 0) is 36.5 Å². The Morgan fingerprint density at radius 1 is 1.33 bits per heavy atom. The smallest absolute Gasteiger partial charge is 0.148 e. The van der Waals surface area contributed by atoms with E-state index in [1.54, 1.807) is 16.8 Å². The predicted octanol–water partition coefficient (Wildman–Crippen LogP) is 2.92. The number of halogens is 1. The Hall–Kier alpha value is -1.84. The number of rotatable bonds is 3. The zero-order chi connectivity index (χ0) is 12.5. The number of aryl methyl sites for hydroxylation is 1. The summed E-state index contributed by atoms with van der Waals surface area (Å²) >= 11 is 0. The van der Waals surface area contributed by atoms with Crippen molar-refractivity contribution in [3.63, 3.8) is 0 Å². The molecule has 1 N–H and O–H groups in total. The highest BCUT2D eigenvalue weighted by molar-refractivity contribution is 5.36. The van der Waals surface area contributed by atoms with E-state index in [1.807, 2.05) is 25.4 Å². The van der Waals surface area contributed by atoms with Gasteiger partial charge in [0.25, 0.3) is 0 Å². The Balaban J connectivity index is 1.57. The van der Waals surface area contributed by atoms with Gasteiger partial charge in [0.05, 0.1) is 0 Å². The van der Waals surface area contributed by atoms with Crippen LogP contribution in [-0.2, 0) is 7.05 Å². The second kappa shape index (κ2) is 4.44. The van der Waals surface area contributed by atoms with E-state index >= 15 is 0 Å². The van der Waals surface area contributed by atoms with Crippen molar-refractivity contribution in [2.45, 2.75) is 24.8 Å². The van der Waals surface area contributed by atoms with E-state index in [2.05, 4.69) is 10.4 Å². The molecule has 0 radical (unpaired) electrons. The molecule has 1 aromatic heterocycles. The summed E-state index contributed by atoms with van der Waals surface area (Å²) in [4.78, 5) is 0. The molecule has 0 amide bonds. The Morgan fingerprint density at radius 2 is 2.17 bits per heavy atom. The van der Waals surface area contributed by atoms with Gasteiger partial charge in [-0.3, -0.25) is 4.68 Å². The van der Waals surface area contributed by atoms with Crippen molar-refractivity contribution in [1.82, 2.24) is 9.78 Å². The molecule has 1 heterocycles. The predicted molar refractivity (Wildman–Crippen MR) is 69.0 cm³/mol. The third-order valence-electron chi connectivity index (χ3n) is 3.52. The minimum atomic E-state index is -0.145. The standard InChI is InChI=1S/C14H16FN3/c1-18-6-5-14(17-18)16-13-8-11(9-13)10-3-2-4-12(15)7-10/h2-7,11,13H,8-9H2,1H3,(H,16,17). The molecule has 0 atom stereocenters. The number of anilines is 1. The lowest BCUT2D eigenvalue weighted by atomic mass is 9.76. The molecule has 2 aromatic rings. The van der Waals surface area contributed by atoms with Gasteiger partial charge in [0.15, 0.2) is 0 Å². The van der Waals surface area contributed by atoms with Crippen molar-refractivity contribution in [3.05, 3.63) is 47.9 Å². The molecule has 4 heteroatoms. The van der Waals surface area contributed by atoms with Crippen molar-refractivity contribution in [3.8, 4) is 0 Å². The van der Waals surface area contributed by atoms with Gasteiger partial charge in [0.1, 0.15) is 11.6 Å². The molecule has 1 fully saturated rings. The zero-order valence-electron chi connectivity index (χ0n) is 10.3. The van der Waals surface area contributed by atoms with Crippen molar-refractivity contribution in [2.24, 2.45) is 7.05 Å². The summed E-state index contributed by atoms with van der Waals surface area (Å²) in [5, 5.41) is 7.68. The molecule has 1 aliphatic carbocycles. The number of aromatic nitrogens is 2. The van der Waals surface area contributed by atoms with Crippen LogP contribution in [0.5, 0.6) is 0 Å². The van der Waals surface area contributed by atoms with Crippen LogP contribution in [0.3, 0.4) is 0 Å². The molecule has 0 unspecified atom stereocenters. The average Bonchev–Trinajstić information content (AvgIpc) is 2.69. The fraction of sp³-hybridized carbons (Fsp3) is 0.357. The summed E-state index contributed by atoms with van der Waals surface area (Å²) in [7, 11) is 1.90. The van der Waals surface area contributed by atoms with E-state index in [0.717, 1.165) is 24.2 Å². The van der Waals surface area contributed by atoms with Crippen LogP contribution < -0.4 is 5.32 Å². The van der Waals surface area contributed by atoms with Crippen molar-refractivity contribution < 1.29 is 4.39 Å². The normalized spacial score (nSPS) is 22.6. The third-order valence-corrected chi connectivity index (χ3v) is 3.52. The quantitative estimate of drug-likeness (QED) is 0.901. The van der Waals surface area contributed by atoms with Crippen molar-refractivity contribution >= 4 is 5.82 Å². The minimum Gasteiger partial charge on any atom is -0.366 e. The molecule has 3 rings (SSSR count). The Kier molecular flexibility index (Phi) is 2.78. The topological polar surface area (TPSA) is 29.9 Å². The number of nitrogens with one attached hydrogen (secondary N) is 1. The van der Waals surface area contributed by atoms with Crippen molar-refractivity contribution in [2.75, 3.05) is 5.32 Å². The van der Waals surface area contributed by atoms with Gasteiger partial charge in [-0.25, -0.2) is 4.39 Å². The summed E-state index contributed by atoms with van der Waals surface area (Å²) in [6.07, 6.45) is 4.01. The molecular formula is C14H16FN3. The lowest BCUT2D eigenvalue weighted by molar-refractivity contribution is 0.372. The van der Waals surface area contributed by atoms with Crippen LogP contribution in [0.15, 0.2) is 36.5 Å². The van der Waals surface area contributed by atoms with E-state index in [-0.39, 0.29) is 5.82 Å². The molecule has 94 valence electrons. The molecule has 3 nitrogen and oxygen atoms in total. The monoisotopic (exact) mass is 245 g/mol. The van der Waals surface area contributed by atoms with Crippen LogP contribution in [-0.4, -0.2) is 15.8 Å². The Bertz CT molecular complexity index is 543. The Labute approximate surface area is 106 Å². The molecular weight excluding hydrogens is 229 g/mol. The minimum absolute atomic E-state index is 0.145. The molecule has 1 saturated carbocycles. The number of benzene rings is 1. The van der Waals surface area contributed by atoms with Crippen LogP contribution in [0.2, 0.25) is 0 Å². The zero-order valence-corrected chi connectivity index (χ0v) is 10.3. The largest absolute Gasteiger partial charge is 0.366 e. The van der Waals surface area contributed by atoms with Crippen LogP contribution >= 0.6 is 0 Å². The fourth-order valence-electron chi connectivity index (χ4n) is 2.47. The number of hydrogen-bond acceptors (Lipinski definition) is 2. The SMILES string of the molecule is Cn1ccc(NC2CC(c3cccc(F)c3)C2)n1. The van der Waals surface area contributed by atoms with Gasteiger partial charge >= 0.3 is 0 Å². The molecule has 0 saturated heterocycles. The van der Waals surface area contributed by atoms with Crippen LogP contribution in [0, 0.1) is 5.82 Å². The first-order chi connectivity index (χ1) is 8.70. The van der Waals surface area contributed by atoms with Crippen molar-refractivity contribution in [1.29, 1.82) is 0 Å². The third kappa shape index (κ3) is 2.23. The maximum atomic E-state index is 13.1. The second-order valence-corrected chi connectivity index (χ2v) is 4.94. The van der Waals surface area contributed by atoms with Gasteiger partial charge in [-0.1, -0.05) is 12.1 Å². The van der Waals surface area contributed by atoms with E-state index in [4.69, 9.17) is 0 Å². The van der Waals surface area contributed by atoms with Crippen LogP contribution in [0.25, 0.3) is 0 Å². The fourth-order valence-corrected chi connectivity index (χ4v) is 2.47. The number of nitrogens with zero attached hydrogens (tertiary/aromatic N) is 2. The first-order valence-corrected chi connectivity index (χ1v) is 6.22. The van der Waals surface area contributed by atoms with Gasteiger partial charge < -0.3 is 5.32 Å². The maximum absolute atomic E-state index is 13.1. The van der Waals surface area contributed by atoms with E-state index in [1.165, 1.54) is 6.07 Å². The highest BCUT2D eigenvalue weighted by atomic mass is 19.1.